The zero-order chi connectivity index (χ0) is 14.5. The Morgan fingerprint density at radius 2 is 2.00 bits per heavy atom. The molecule has 0 aliphatic heterocycles. The summed E-state index contributed by atoms with van der Waals surface area (Å²) in [7, 11) is 0. The SMILES string of the molecule is CC(NCC1CCC(C(=O)O)CC1)c1ccccc1Cl. The highest BCUT2D eigenvalue weighted by molar-refractivity contribution is 6.31. The van der Waals surface area contributed by atoms with E-state index in [2.05, 4.69) is 12.2 Å². The lowest BCUT2D eigenvalue weighted by Crippen LogP contribution is -2.30. The number of halogens is 1. The molecule has 1 saturated carbocycles. The lowest BCUT2D eigenvalue weighted by atomic mass is 9.82. The van der Waals surface area contributed by atoms with Crippen LogP contribution in [0.5, 0.6) is 0 Å². The third-order valence-electron chi connectivity index (χ3n) is 4.28. The van der Waals surface area contributed by atoms with E-state index >= 15 is 0 Å². The molecule has 2 rings (SSSR count). The average molecular weight is 296 g/mol. The maximum atomic E-state index is 10.9. The number of rotatable bonds is 5. The molecule has 0 amide bonds. The van der Waals surface area contributed by atoms with Crippen molar-refractivity contribution < 1.29 is 9.90 Å². The molecule has 2 N–H and O–H groups in total. The molecule has 1 aromatic rings. The highest BCUT2D eigenvalue weighted by Crippen LogP contribution is 2.29. The predicted molar refractivity (Wildman–Crippen MR) is 81.0 cm³/mol. The van der Waals surface area contributed by atoms with Gasteiger partial charge in [-0.2, -0.15) is 0 Å². The fourth-order valence-electron chi connectivity index (χ4n) is 2.89. The molecule has 0 bridgehead atoms. The average Bonchev–Trinajstić information content (AvgIpc) is 2.45. The first kappa shape index (κ1) is 15.3. The molecule has 1 unspecified atom stereocenters. The number of benzene rings is 1. The van der Waals surface area contributed by atoms with Crippen LogP contribution in [0.15, 0.2) is 24.3 Å². The van der Waals surface area contributed by atoms with Crippen molar-refractivity contribution in [1.82, 2.24) is 5.32 Å². The molecular weight excluding hydrogens is 274 g/mol. The second-order valence-electron chi connectivity index (χ2n) is 5.71. The lowest BCUT2D eigenvalue weighted by molar-refractivity contribution is -0.143. The molecule has 0 heterocycles. The van der Waals surface area contributed by atoms with Crippen molar-refractivity contribution in [2.45, 2.75) is 38.6 Å². The monoisotopic (exact) mass is 295 g/mol. The van der Waals surface area contributed by atoms with Crippen LogP contribution in [0.25, 0.3) is 0 Å². The van der Waals surface area contributed by atoms with Gasteiger partial charge in [0.1, 0.15) is 0 Å². The molecule has 0 spiro atoms. The Balaban J connectivity index is 1.79. The highest BCUT2D eigenvalue weighted by atomic mass is 35.5. The van der Waals surface area contributed by atoms with Gasteiger partial charge in [0.05, 0.1) is 5.92 Å². The van der Waals surface area contributed by atoms with Crippen molar-refractivity contribution in [3.8, 4) is 0 Å². The molecule has 0 radical (unpaired) electrons. The Bertz CT molecular complexity index is 456. The number of nitrogens with one attached hydrogen (secondary N) is 1. The topological polar surface area (TPSA) is 49.3 Å². The molecule has 1 aliphatic rings. The van der Waals surface area contributed by atoms with Crippen LogP contribution >= 0.6 is 11.6 Å². The van der Waals surface area contributed by atoms with E-state index < -0.39 is 5.97 Å². The summed E-state index contributed by atoms with van der Waals surface area (Å²) in [5.74, 6) is -0.191. The van der Waals surface area contributed by atoms with Gasteiger partial charge in [0.25, 0.3) is 0 Å². The highest BCUT2D eigenvalue weighted by Gasteiger charge is 2.25. The molecule has 20 heavy (non-hydrogen) atoms. The summed E-state index contributed by atoms with van der Waals surface area (Å²) < 4.78 is 0. The van der Waals surface area contributed by atoms with Crippen LogP contribution in [-0.2, 0) is 4.79 Å². The minimum atomic E-state index is -0.638. The van der Waals surface area contributed by atoms with E-state index in [-0.39, 0.29) is 12.0 Å². The molecule has 1 aliphatic carbocycles. The number of carboxylic acids is 1. The Morgan fingerprint density at radius 3 is 2.60 bits per heavy atom. The molecule has 1 fully saturated rings. The Labute approximate surface area is 125 Å². The van der Waals surface area contributed by atoms with Gasteiger partial charge in [-0.3, -0.25) is 4.79 Å². The Kier molecular flexibility index (Phi) is 5.44. The smallest absolute Gasteiger partial charge is 0.306 e. The van der Waals surface area contributed by atoms with E-state index in [1.54, 1.807) is 0 Å². The zero-order valence-corrected chi connectivity index (χ0v) is 12.6. The lowest BCUT2D eigenvalue weighted by Gasteiger charge is -2.27. The van der Waals surface area contributed by atoms with E-state index in [0.717, 1.165) is 42.8 Å². The summed E-state index contributed by atoms with van der Waals surface area (Å²) in [5.41, 5.74) is 1.12. The molecule has 4 heteroatoms. The van der Waals surface area contributed by atoms with Crippen LogP contribution in [0.3, 0.4) is 0 Å². The zero-order valence-electron chi connectivity index (χ0n) is 11.8. The summed E-state index contributed by atoms with van der Waals surface area (Å²) in [6, 6.07) is 8.11. The van der Waals surface area contributed by atoms with Gasteiger partial charge >= 0.3 is 5.97 Å². The van der Waals surface area contributed by atoms with Crippen LogP contribution in [0, 0.1) is 11.8 Å². The summed E-state index contributed by atoms with van der Waals surface area (Å²) in [4.78, 5) is 10.9. The molecule has 0 saturated heterocycles. The molecule has 0 aromatic heterocycles. The van der Waals surface area contributed by atoms with Crippen LogP contribution in [-0.4, -0.2) is 17.6 Å². The van der Waals surface area contributed by atoms with Crippen LogP contribution in [0.4, 0.5) is 0 Å². The van der Waals surface area contributed by atoms with Crippen molar-refractivity contribution in [2.75, 3.05) is 6.54 Å². The normalized spacial score (nSPS) is 24.3. The Morgan fingerprint density at radius 1 is 1.35 bits per heavy atom. The first-order chi connectivity index (χ1) is 9.58. The van der Waals surface area contributed by atoms with Gasteiger partial charge < -0.3 is 10.4 Å². The third kappa shape index (κ3) is 3.97. The second-order valence-corrected chi connectivity index (χ2v) is 6.11. The van der Waals surface area contributed by atoms with Crippen molar-refractivity contribution in [3.63, 3.8) is 0 Å². The molecular formula is C16H22ClNO2. The van der Waals surface area contributed by atoms with Gasteiger partial charge in [0.2, 0.25) is 0 Å². The second kappa shape index (κ2) is 7.09. The summed E-state index contributed by atoms with van der Waals surface area (Å²) >= 11 is 6.19. The predicted octanol–water partition coefficient (Wildman–Crippen LogP) is 3.88. The number of aliphatic carboxylic acids is 1. The van der Waals surface area contributed by atoms with Gasteiger partial charge in [-0.15, -0.1) is 0 Å². The van der Waals surface area contributed by atoms with Crippen LogP contribution < -0.4 is 5.32 Å². The van der Waals surface area contributed by atoms with E-state index in [1.165, 1.54) is 0 Å². The number of hydrogen-bond donors (Lipinski definition) is 2. The van der Waals surface area contributed by atoms with Gasteiger partial charge in [-0.25, -0.2) is 0 Å². The maximum absolute atomic E-state index is 10.9. The van der Waals surface area contributed by atoms with E-state index in [9.17, 15) is 4.79 Å². The minimum absolute atomic E-state index is 0.132. The van der Waals surface area contributed by atoms with Gasteiger partial charge in [-0.1, -0.05) is 29.8 Å². The first-order valence-corrected chi connectivity index (χ1v) is 7.66. The van der Waals surface area contributed by atoms with E-state index in [0.29, 0.717) is 5.92 Å². The quantitative estimate of drug-likeness (QED) is 0.866. The van der Waals surface area contributed by atoms with E-state index in [4.69, 9.17) is 16.7 Å². The van der Waals surface area contributed by atoms with Gasteiger partial charge in [-0.05, 0) is 56.7 Å². The fourth-order valence-corrected chi connectivity index (χ4v) is 3.19. The van der Waals surface area contributed by atoms with Crippen molar-refractivity contribution in [3.05, 3.63) is 34.9 Å². The molecule has 1 atom stereocenters. The molecule has 3 nitrogen and oxygen atoms in total. The van der Waals surface area contributed by atoms with Crippen molar-refractivity contribution in [1.29, 1.82) is 0 Å². The summed E-state index contributed by atoms with van der Waals surface area (Å²) in [6.45, 7) is 3.04. The largest absolute Gasteiger partial charge is 0.481 e. The first-order valence-electron chi connectivity index (χ1n) is 7.28. The number of hydrogen-bond acceptors (Lipinski definition) is 2. The minimum Gasteiger partial charge on any atom is -0.481 e. The van der Waals surface area contributed by atoms with E-state index in [1.807, 2.05) is 24.3 Å². The van der Waals surface area contributed by atoms with Crippen molar-refractivity contribution >= 4 is 17.6 Å². The Hall–Kier alpha value is -1.06. The van der Waals surface area contributed by atoms with Crippen molar-refractivity contribution in [2.24, 2.45) is 11.8 Å². The summed E-state index contributed by atoms with van der Waals surface area (Å²) in [5, 5.41) is 13.3. The third-order valence-corrected chi connectivity index (χ3v) is 4.62. The standard InChI is InChI=1S/C16H22ClNO2/c1-11(14-4-2-3-5-15(14)17)18-10-12-6-8-13(9-7-12)16(19)20/h2-5,11-13,18H,6-10H2,1H3,(H,19,20). The molecule has 110 valence electrons. The van der Waals surface area contributed by atoms with Gasteiger partial charge in [0.15, 0.2) is 0 Å². The van der Waals surface area contributed by atoms with Crippen LogP contribution in [0.2, 0.25) is 5.02 Å². The van der Waals surface area contributed by atoms with Crippen LogP contribution in [0.1, 0.15) is 44.2 Å². The number of carbonyl (C=O) groups is 1. The fraction of sp³-hybridized carbons (Fsp3) is 0.562. The summed E-state index contributed by atoms with van der Waals surface area (Å²) in [6.07, 6.45) is 3.61. The van der Waals surface area contributed by atoms with Gasteiger partial charge in [0, 0.05) is 11.1 Å². The maximum Gasteiger partial charge on any atom is 0.306 e. The molecule has 1 aromatic carbocycles. The number of carboxylic acid groups (broad SMARTS) is 1.